The summed E-state index contributed by atoms with van der Waals surface area (Å²) in [5.74, 6) is 0. The monoisotopic (exact) mass is 268 g/mol. The number of hydrogen-bond acceptors (Lipinski definition) is 2. The normalized spacial score (nSPS) is 13.5. The van der Waals surface area contributed by atoms with E-state index in [0.717, 1.165) is 10.7 Å². The van der Waals surface area contributed by atoms with Gasteiger partial charge in [0.05, 0.1) is 0 Å². The number of hydrogen-bond donors (Lipinski definition) is 1. The molecular formula is C13H20N2O2S. The molecule has 0 heterocycles. The molecule has 0 spiro atoms. The van der Waals surface area contributed by atoms with Crippen LogP contribution >= 0.6 is 0 Å². The van der Waals surface area contributed by atoms with Gasteiger partial charge >= 0.3 is 0 Å². The molecule has 4 nitrogen and oxygen atoms in total. The van der Waals surface area contributed by atoms with Crippen LogP contribution in [0.15, 0.2) is 43.0 Å². The topological polar surface area (TPSA) is 49.4 Å². The van der Waals surface area contributed by atoms with Crippen LogP contribution < -0.4 is 4.72 Å². The fourth-order valence-corrected chi connectivity index (χ4v) is 2.30. The van der Waals surface area contributed by atoms with Gasteiger partial charge in [-0.15, -0.1) is 6.58 Å². The number of nitrogens with zero attached hydrogens (tertiary/aromatic N) is 1. The van der Waals surface area contributed by atoms with Gasteiger partial charge in [0, 0.05) is 20.1 Å². The predicted molar refractivity (Wildman–Crippen MR) is 74.5 cm³/mol. The van der Waals surface area contributed by atoms with E-state index in [0.29, 0.717) is 6.42 Å². The smallest absolute Gasteiger partial charge is 0.195 e. The maximum Gasteiger partial charge on any atom is 0.279 e. The average molecular weight is 268 g/mol. The van der Waals surface area contributed by atoms with Gasteiger partial charge in [0.15, 0.2) is 0 Å². The highest BCUT2D eigenvalue weighted by Gasteiger charge is 2.17. The van der Waals surface area contributed by atoms with Crippen molar-refractivity contribution in [2.45, 2.75) is 18.9 Å². The van der Waals surface area contributed by atoms with E-state index in [1.54, 1.807) is 6.08 Å². The highest BCUT2D eigenvalue weighted by Crippen LogP contribution is 2.07. The Bertz CT molecular complexity index is 469. The Hall–Kier alpha value is -1.17. The van der Waals surface area contributed by atoms with Gasteiger partial charge in [0.25, 0.3) is 10.2 Å². The molecule has 0 unspecified atom stereocenters. The third-order valence-corrected chi connectivity index (χ3v) is 4.21. The van der Waals surface area contributed by atoms with Gasteiger partial charge in [-0.25, -0.2) is 0 Å². The number of aryl methyl sites for hydroxylation is 1. The second-order valence-corrected chi connectivity index (χ2v) is 6.19. The molecule has 0 aliphatic rings. The van der Waals surface area contributed by atoms with E-state index in [1.165, 1.54) is 19.7 Å². The summed E-state index contributed by atoms with van der Waals surface area (Å²) >= 11 is 0. The molecule has 1 aromatic rings. The van der Waals surface area contributed by atoms with Crippen LogP contribution in [0.5, 0.6) is 0 Å². The standard InChI is InChI=1S/C13H20N2O2S/c1-4-13(14-18(16,17)15(2)3)11-10-12-8-6-5-7-9-12/h4-9,13-14H,1,10-11H2,2-3H3/t13-/m0/s1. The molecule has 1 N–H and O–H groups in total. The van der Waals surface area contributed by atoms with E-state index < -0.39 is 10.2 Å². The van der Waals surface area contributed by atoms with Gasteiger partial charge in [0.2, 0.25) is 0 Å². The Balaban J connectivity index is 2.56. The quantitative estimate of drug-likeness (QED) is 0.763. The van der Waals surface area contributed by atoms with E-state index >= 15 is 0 Å². The van der Waals surface area contributed by atoms with E-state index in [1.807, 2.05) is 30.3 Å². The molecule has 18 heavy (non-hydrogen) atoms. The van der Waals surface area contributed by atoms with Crippen molar-refractivity contribution in [3.63, 3.8) is 0 Å². The Morgan fingerprint density at radius 3 is 2.44 bits per heavy atom. The van der Waals surface area contributed by atoms with Crippen molar-refractivity contribution in [2.75, 3.05) is 14.1 Å². The largest absolute Gasteiger partial charge is 0.279 e. The summed E-state index contributed by atoms with van der Waals surface area (Å²) in [6.45, 7) is 3.67. The van der Waals surface area contributed by atoms with E-state index in [2.05, 4.69) is 11.3 Å². The lowest BCUT2D eigenvalue weighted by atomic mass is 10.1. The van der Waals surface area contributed by atoms with Crippen molar-refractivity contribution >= 4 is 10.2 Å². The van der Waals surface area contributed by atoms with Crippen molar-refractivity contribution in [2.24, 2.45) is 0 Å². The maximum absolute atomic E-state index is 11.7. The first-order chi connectivity index (χ1) is 8.45. The molecule has 1 rings (SSSR count). The maximum atomic E-state index is 11.7. The Morgan fingerprint density at radius 1 is 1.33 bits per heavy atom. The van der Waals surface area contributed by atoms with Gasteiger partial charge in [-0.1, -0.05) is 36.4 Å². The molecule has 0 saturated heterocycles. The van der Waals surface area contributed by atoms with Gasteiger partial charge in [0.1, 0.15) is 0 Å². The van der Waals surface area contributed by atoms with Crippen LogP contribution in [0.3, 0.4) is 0 Å². The number of rotatable bonds is 7. The lowest BCUT2D eigenvalue weighted by Crippen LogP contribution is -2.41. The van der Waals surface area contributed by atoms with Crippen LogP contribution in [0.4, 0.5) is 0 Å². The minimum Gasteiger partial charge on any atom is -0.195 e. The molecule has 0 fully saturated rings. The predicted octanol–water partition coefficient (Wildman–Crippen LogP) is 1.57. The highest BCUT2D eigenvalue weighted by molar-refractivity contribution is 7.87. The lowest BCUT2D eigenvalue weighted by Gasteiger charge is -2.18. The van der Waals surface area contributed by atoms with Crippen LogP contribution in [-0.4, -0.2) is 32.9 Å². The van der Waals surface area contributed by atoms with Gasteiger partial charge in [-0.2, -0.15) is 17.4 Å². The minimum atomic E-state index is -3.40. The van der Waals surface area contributed by atoms with Crippen molar-refractivity contribution in [1.82, 2.24) is 9.03 Å². The molecule has 0 bridgehead atoms. The summed E-state index contributed by atoms with van der Waals surface area (Å²) in [7, 11) is -0.402. The first kappa shape index (κ1) is 14.9. The summed E-state index contributed by atoms with van der Waals surface area (Å²) in [5.41, 5.74) is 1.19. The molecule has 0 aromatic heterocycles. The van der Waals surface area contributed by atoms with Crippen molar-refractivity contribution in [1.29, 1.82) is 0 Å². The Morgan fingerprint density at radius 2 is 1.94 bits per heavy atom. The summed E-state index contributed by atoms with van der Waals surface area (Å²) < 4.78 is 27.1. The Kier molecular flexibility index (Phi) is 5.53. The molecule has 0 aliphatic heterocycles. The van der Waals surface area contributed by atoms with Gasteiger partial charge in [-0.05, 0) is 18.4 Å². The van der Waals surface area contributed by atoms with E-state index in [4.69, 9.17) is 0 Å². The molecule has 1 atom stereocenters. The molecule has 1 aromatic carbocycles. The third-order valence-electron chi connectivity index (χ3n) is 2.65. The summed E-state index contributed by atoms with van der Waals surface area (Å²) in [4.78, 5) is 0. The van der Waals surface area contributed by atoms with Crippen LogP contribution in [0, 0.1) is 0 Å². The fraction of sp³-hybridized carbons (Fsp3) is 0.385. The van der Waals surface area contributed by atoms with Crippen molar-refractivity contribution < 1.29 is 8.42 Å². The first-order valence-electron chi connectivity index (χ1n) is 5.82. The van der Waals surface area contributed by atoms with Crippen LogP contribution in [0.2, 0.25) is 0 Å². The second-order valence-electron chi connectivity index (χ2n) is 4.27. The SMILES string of the molecule is C=C[C@@H](CCc1ccccc1)NS(=O)(=O)N(C)C. The molecule has 100 valence electrons. The van der Waals surface area contributed by atoms with E-state index in [9.17, 15) is 8.42 Å². The molecule has 0 amide bonds. The van der Waals surface area contributed by atoms with Crippen molar-refractivity contribution in [3.8, 4) is 0 Å². The van der Waals surface area contributed by atoms with Crippen LogP contribution in [-0.2, 0) is 16.6 Å². The zero-order chi connectivity index (χ0) is 13.6. The van der Waals surface area contributed by atoms with Gasteiger partial charge < -0.3 is 0 Å². The third kappa shape index (κ3) is 4.60. The number of benzene rings is 1. The molecular weight excluding hydrogens is 248 g/mol. The second kappa shape index (κ2) is 6.68. The molecule has 0 saturated carbocycles. The zero-order valence-corrected chi connectivity index (χ0v) is 11.7. The summed E-state index contributed by atoms with van der Waals surface area (Å²) in [6.07, 6.45) is 3.14. The average Bonchev–Trinajstić information content (AvgIpc) is 2.35. The zero-order valence-electron chi connectivity index (χ0n) is 10.8. The van der Waals surface area contributed by atoms with E-state index in [-0.39, 0.29) is 6.04 Å². The minimum absolute atomic E-state index is 0.252. The highest BCUT2D eigenvalue weighted by atomic mass is 32.2. The number of nitrogens with one attached hydrogen (secondary N) is 1. The van der Waals surface area contributed by atoms with Crippen LogP contribution in [0.25, 0.3) is 0 Å². The van der Waals surface area contributed by atoms with Gasteiger partial charge in [-0.3, -0.25) is 0 Å². The van der Waals surface area contributed by atoms with Crippen molar-refractivity contribution in [3.05, 3.63) is 48.6 Å². The molecule has 0 aliphatic carbocycles. The van der Waals surface area contributed by atoms with Crippen LogP contribution in [0.1, 0.15) is 12.0 Å². The summed E-state index contributed by atoms with van der Waals surface area (Å²) in [5, 5.41) is 0. The Labute approximate surface area is 110 Å². The lowest BCUT2D eigenvalue weighted by molar-refractivity contribution is 0.493. The first-order valence-corrected chi connectivity index (χ1v) is 7.26. The molecule has 0 radical (unpaired) electrons. The molecule has 5 heteroatoms. The fourth-order valence-electron chi connectivity index (χ4n) is 1.49. The summed E-state index contributed by atoms with van der Waals surface area (Å²) in [6, 6.07) is 9.71.